The molecule has 0 unspecified atom stereocenters. The van der Waals surface area contributed by atoms with E-state index in [0.717, 1.165) is 22.0 Å². The van der Waals surface area contributed by atoms with Crippen LogP contribution >= 0.6 is 0 Å². The Morgan fingerprint density at radius 3 is 2.84 bits per heavy atom. The van der Waals surface area contributed by atoms with Crippen molar-refractivity contribution >= 4 is 28.4 Å². The molecule has 5 rings (SSSR count). The fourth-order valence-corrected chi connectivity index (χ4v) is 4.13. The number of H-pyrrole nitrogens is 1. The quantitative estimate of drug-likeness (QED) is 0.380. The number of primary amides is 1. The van der Waals surface area contributed by atoms with Crippen LogP contribution in [0.4, 0.5) is 11.6 Å². The summed E-state index contributed by atoms with van der Waals surface area (Å²) in [5, 5.41) is 17.8. The van der Waals surface area contributed by atoms with Gasteiger partial charge in [0.25, 0.3) is 5.91 Å². The van der Waals surface area contributed by atoms with Gasteiger partial charge in [-0.15, -0.1) is 0 Å². The number of carbonyl (C=O) groups is 1. The average molecular weight is 430 g/mol. The molecule has 4 aromatic rings. The monoisotopic (exact) mass is 430 g/mol. The molecule has 4 heterocycles. The van der Waals surface area contributed by atoms with Crippen molar-refractivity contribution in [3.05, 3.63) is 47.9 Å². The highest BCUT2D eigenvalue weighted by atomic mass is 16.3. The fraction of sp³-hybridized carbons (Fsp3) is 0.227. The fourth-order valence-electron chi connectivity index (χ4n) is 4.13. The zero-order valence-electron chi connectivity index (χ0n) is 17.4. The number of carbonyl (C=O) groups excluding carboxylic acids is 1. The molecule has 0 aliphatic carbocycles. The number of anilines is 2. The Kier molecular flexibility index (Phi) is 4.71. The van der Waals surface area contributed by atoms with Gasteiger partial charge in [0.1, 0.15) is 0 Å². The van der Waals surface area contributed by atoms with Gasteiger partial charge in [0, 0.05) is 30.2 Å². The second-order valence-electron chi connectivity index (χ2n) is 7.90. The van der Waals surface area contributed by atoms with Gasteiger partial charge in [-0.2, -0.15) is 5.10 Å². The molecule has 1 saturated heterocycles. The molecule has 1 fully saturated rings. The molecule has 0 radical (unpaired) electrons. The van der Waals surface area contributed by atoms with Crippen LogP contribution in [0.25, 0.3) is 33.4 Å². The SMILES string of the molecule is Cc1ccc2[nH]ncc2c1-c1cc(-c2ccnc(N3CC[C@@H](O)C3)n2)nc(C(N)=O)c1N. The number of hydrogen-bond donors (Lipinski definition) is 4. The van der Waals surface area contributed by atoms with Crippen LogP contribution in [0.1, 0.15) is 22.5 Å². The van der Waals surface area contributed by atoms with E-state index in [2.05, 4.69) is 25.1 Å². The Balaban J connectivity index is 1.70. The third-order valence-corrected chi connectivity index (χ3v) is 5.75. The number of nitrogens with two attached hydrogens (primary N) is 2. The minimum atomic E-state index is -0.723. The molecular formula is C22H22N8O2. The van der Waals surface area contributed by atoms with Gasteiger partial charge in [0.15, 0.2) is 5.69 Å². The summed E-state index contributed by atoms with van der Waals surface area (Å²) >= 11 is 0. The van der Waals surface area contributed by atoms with Crippen molar-refractivity contribution in [3.8, 4) is 22.5 Å². The molecule has 0 bridgehead atoms. The van der Waals surface area contributed by atoms with Crippen LogP contribution in [0.3, 0.4) is 0 Å². The summed E-state index contributed by atoms with van der Waals surface area (Å²) in [5.41, 5.74) is 16.4. The minimum Gasteiger partial charge on any atom is -0.396 e. The summed E-state index contributed by atoms with van der Waals surface area (Å²) in [5.74, 6) is -0.229. The van der Waals surface area contributed by atoms with Crippen LogP contribution in [0.2, 0.25) is 0 Å². The van der Waals surface area contributed by atoms with Gasteiger partial charge in [-0.1, -0.05) is 6.07 Å². The number of benzene rings is 1. The Bertz CT molecular complexity index is 1350. The minimum absolute atomic E-state index is 0.0193. The number of aliphatic hydroxyl groups excluding tert-OH is 1. The number of aliphatic hydroxyl groups is 1. The number of fused-ring (bicyclic) bond motifs is 1. The number of aryl methyl sites for hydroxylation is 1. The molecule has 1 aromatic carbocycles. The van der Waals surface area contributed by atoms with E-state index in [-0.39, 0.29) is 11.4 Å². The lowest BCUT2D eigenvalue weighted by molar-refractivity contribution is 0.0996. The maximum atomic E-state index is 12.2. The molecule has 1 aliphatic rings. The second-order valence-corrected chi connectivity index (χ2v) is 7.90. The van der Waals surface area contributed by atoms with E-state index >= 15 is 0 Å². The predicted molar refractivity (Wildman–Crippen MR) is 121 cm³/mol. The number of nitrogens with one attached hydrogen (secondary N) is 1. The second kappa shape index (κ2) is 7.57. The number of hydrogen-bond acceptors (Lipinski definition) is 8. The highest BCUT2D eigenvalue weighted by molar-refractivity contribution is 6.05. The van der Waals surface area contributed by atoms with Crippen molar-refractivity contribution in [1.82, 2.24) is 25.1 Å². The number of β-amino-alcohol motifs (C(OH)–C–C–N with tert-alkyl or cyclic N) is 1. The molecule has 162 valence electrons. The van der Waals surface area contributed by atoms with E-state index < -0.39 is 12.0 Å². The van der Waals surface area contributed by atoms with Gasteiger partial charge >= 0.3 is 0 Å². The van der Waals surface area contributed by atoms with Crippen LogP contribution < -0.4 is 16.4 Å². The van der Waals surface area contributed by atoms with Gasteiger partial charge in [0.05, 0.1) is 34.9 Å². The highest BCUT2D eigenvalue weighted by Crippen LogP contribution is 2.37. The lowest BCUT2D eigenvalue weighted by Crippen LogP contribution is -2.23. The molecule has 10 nitrogen and oxygen atoms in total. The van der Waals surface area contributed by atoms with E-state index in [1.54, 1.807) is 18.5 Å². The molecule has 1 amide bonds. The Hall–Kier alpha value is -4.05. The lowest BCUT2D eigenvalue weighted by Gasteiger charge is -2.17. The molecule has 32 heavy (non-hydrogen) atoms. The predicted octanol–water partition coefficient (Wildman–Crippen LogP) is 1.64. The summed E-state index contributed by atoms with van der Waals surface area (Å²) < 4.78 is 0. The summed E-state index contributed by atoms with van der Waals surface area (Å²) in [4.78, 5) is 27.5. The zero-order valence-corrected chi connectivity index (χ0v) is 17.4. The molecule has 6 N–H and O–H groups in total. The number of nitrogen functional groups attached to an aromatic ring is 1. The van der Waals surface area contributed by atoms with Crippen LogP contribution in [0.15, 0.2) is 36.7 Å². The lowest BCUT2D eigenvalue weighted by atomic mass is 9.94. The average Bonchev–Trinajstić information content (AvgIpc) is 3.43. The van der Waals surface area contributed by atoms with Crippen LogP contribution in [0.5, 0.6) is 0 Å². The topological polar surface area (TPSA) is 160 Å². The van der Waals surface area contributed by atoms with Crippen molar-refractivity contribution < 1.29 is 9.90 Å². The maximum absolute atomic E-state index is 12.2. The third kappa shape index (κ3) is 3.30. The number of amides is 1. The molecule has 1 aliphatic heterocycles. The molecule has 0 spiro atoms. The molecule has 3 aromatic heterocycles. The van der Waals surface area contributed by atoms with Gasteiger partial charge in [-0.05, 0) is 42.7 Å². The van der Waals surface area contributed by atoms with Crippen molar-refractivity contribution in [3.63, 3.8) is 0 Å². The first-order chi connectivity index (χ1) is 15.4. The molecule has 0 saturated carbocycles. The van der Waals surface area contributed by atoms with Crippen LogP contribution in [0, 0.1) is 6.92 Å². The first-order valence-corrected chi connectivity index (χ1v) is 10.2. The first kappa shape index (κ1) is 19.9. The van der Waals surface area contributed by atoms with Gasteiger partial charge < -0.3 is 21.5 Å². The number of pyridine rings is 1. The zero-order chi connectivity index (χ0) is 22.4. The molecule has 1 atom stereocenters. The summed E-state index contributed by atoms with van der Waals surface area (Å²) in [7, 11) is 0. The third-order valence-electron chi connectivity index (χ3n) is 5.75. The summed E-state index contributed by atoms with van der Waals surface area (Å²) in [6.07, 6.45) is 3.62. The van der Waals surface area contributed by atoms with E-state index in [4.69, 9.17) is 11.5 Å². The Morgan fingerprint density at radius 1 is 1.25 bits per heavy atom. The molecule has 10 heteroatoms. The first-order valence-electron chi connectivity index (χ1n) is 10.2. The van der Waals surface area contributed by atoms with Gasteiger partial charge in [-0.25, -0.2) is 15.0 Å². The number of aromatic amines is 1. The van der Waals surface area contributed by atoms with Gasteiger partial charge in [0.2, 0.25) is 5.95 Å². The number of nitrogens with zero attached hydrogens (tertiary/aromatic N) is 5. The highest BCUT2D eigenvalue weighted by Gasteiger charge is 2.24. The van der Waals surface area contributed by atoms with Crippen LogP contribution in [-0.4, -0.2) is 55.4 Å². The van der Waals surface area contributed by atoms with E-state index in [1.165, 1.54) is 0 Å². The number of rotatable bonds is 4. The largest absolute Gasteiger partial charge is 0.396 e. The normalized spacial score (nSPS) is 16.1. The summed E-state index contributed by atoms with van der Waals surface area (Å²) in [6, 6.07) is 7.42. The van der Waals surface area contributed by atoms with E-state index in [9.17, 15) is 9.90 Å². The van der Waals surface area contributed by atoms with E-state index in [0.29, 0.717) is 42.4 Å². The standard InChI is InChI=1S/C22H22N8O2/c1-11-2-3-15-14(9-26-29-15)18(11)13-8-17(27-20(19(13)23)21(24)32)16-4-6-25-22(28-16)30-7-5-12(31)10-30/h2-4,6,8-9,12,31H,5,7,10,23H2,1H3,(H2,24,32)(H,26,29)/t12-/m1/s1. The molecular weight excluding hydrogens is 408 g/mol. The van der Waals surface area contributed by atoms with Crippen molar-refractivity contribution in [2.24, 2.45) is 5.73 Å². The Labute approximate surface area is 183 Å². The summed E-state index contributed by atoms with van der Waals surface area (Å²) in [6.45, 7) is 3.10. The Morgan fingerprint density at radius 2 is 2.09 bits per heavy atom. The van der Waals surface area contributed by atoms with Crippen molar-refractivity contribution in [2.75, 3.05) is 23.7 Å². The number of aromatic nitrogens is 5. The maximum Gasteiger partial charge on any atom is 0.269 e. The van der Waals surface area contributed by atoms with Crippen molar-refractivity contribution in [1.29, 1.82) is 0 Å². The smallest absolute Gasteiger partial charge is 0.269 e. The van der Waals surface area contributed by atoms with E-state index in [1.807, 2.05) is 30.0 Å². The van der Waals surface area contributed by atoms with Gasteiger partial charge in [-0.3, -0.25) is 9.89 Å². The van der Waals surface area contributed by atoms with Crippen LogP contribution in [-0.2, 0) is 0 Å². The van der Waals surface area contributed by atoms with Crippen molar-refractivity contribution in [2.45, 2.75) is 19.4 Å².